The molecule has 1 aliphatic rings. The first-order valence-corrected chi connectivity index (χ1v) is 11.5. The Morgan fingerprint density at radius 3 is 1.89 bits per heavy atom. The maximum Gasteiger partial charge on any atom is 0.194 e. The molecule has 0 fully saturated rings. The molecule has 5 rings (SSSR count). The lowest BCUT2D eigenvalue weighted by atomic mass is 10.0. The van der Waals surface area contributed by atoms with Gasteiger partial charge in [0.2, 0.25) is 0 Å². The summed E-state index contributed by atoms with van der Waals surface area (Å²) in [5, 5.41) is 4.87. The minimum absolute atomic E-state index is 0.0769. The van der Waals surface area contributed by atoms with Gasteiger partial charge < -0.3 is 0 Å². The molecule has 134 valence electrons. The highest BCUT2D eigenvalue weighted by Gasteiger charge is 2.48. The number of aryl methyl sites for hydroxylation is 1. The van der Waals surface area contributed by atoms with Crippen molar-refractivity contribution in [2.75, 3.05) is 0 Å². The van der Waals surface area contributed by atoms with Crippen LogP contribution in [0.25, 0.3) is 0 Å². The summed E-state index contributed by atoms with van der Waals surface area (Å²) in [6.07, 6.45) is 1.77. The number of ketones is 1. The summed E-state index contributed by atoms with van der Waals surface area (Å²) in [6, 6.07) is 31.6. The minimum Gasteiger partial charge on any atom is -0.289 e. The average Bonchev–Trinajstić information content (AvgIpc) is 2.76. The van der Waals surface area contributed by atoms with Gasteiger partial charge in [0.15, 0.2) is 13.9 Å². The molecule has 0 bridgehead atoms. The quantitative estimate of drug-likeness (QED) is 0.442. The zero-order valence-electron chi connectivity index (χ0n) is 15.6. The van der Waals surface area contributed by atoms with Gasteiger partial charge in [-0.15, -0.1) is 0 Å². The molecule has 28 heavy (non-hydrogen) atoms. The number of rotatable bonds is 2. The van der Waals surface area contributed by atoms with Crippen LogP contribution in [0.15, 0.2) is 97.2 Å². The van der Waals surface area contributed by atoms with Gasteiger partial charge in [-0.2, -0.15) is 0 Å². The molecule has 0 N–H and O–H groups in total. The number of hydrogen-bond acceptors (Lipinski definition) is 2. The van der Waals surface area contributed by atoms with E-state index in [0.717, 1.165) is 27.2 Å². The zero-order chi connectivity index (χ0) is 19.1. The van der Waals surface area contributed by atoms with Gasteiger partial charge in [-0.1, -0.05) is 84.9 Å². The van der Waals surface area contributed by atoms with E-state index in [1.807, 2.05) is 19.1 Å². The van der Waals surface area contributed by atoms with E-state index in [9.17, 15) is 4.79 Å². The van der Waals surface area contributed by atoms with E-state index < -0.39 is 8.07 Å². The van der Waals surface area contributed by atoms with Crippen LogP contribution in [0, 0.1) is 6.92 Å². The maximum absolute atomic E-state index is 13.4. The third-order valence-electron chi connectivity index (χ3n) is 5.68. The molecule has 1 aliphatic heterocycles. The van der Waals surface area contributed by atoms with E-state index in [4.69, 9.17) is 0 Å². The van der Waals surface area contributed by atoms with Gasteiger partial charge in [0.05, 0.1) is 0 Å². The van der Waals surface area contributed by atoms with Crippen LogP contribution in [0.2, 0.25) is 0 Å². The lowest BCUT2D eigenvalue weighted by Crippen LogP contribution is -2.78. The SMILES string of the molecule is Cc1cc2c(cn1)C(=O)c1ccccc1[Si]2(c1ccccc1)c1ccccc1. The number of fused-ring (bicyclic) bond motifs is 2. The van der Waals surface area contributed by atoms with Gasteiger partial charge in [-0.3, -0.25) is 9.78 Å². The summed E-state index contributed by atoms with van der Waals surface area (Å²) < 4.78 is 0. The standard InChI is InChI=1S/C25H19NOSi/c1-18-16-24-22(17-26-18)25(27)21-14-8-9-15-23(21)28(24,19-10-4-2-5-11-19)20-12-6-3-7-13-20/h2-17H,1H3. The number of carbonyl (C=O) groups excluding carboxylic acids is 1. The number of nitrogens with zero attached hydrogens (tertiary/aromatic N) is 1. The Morgan fingerprint density at radius 2 is 1.25 bits per heavy atom. The third kappa shape index (κ3) is 2.26. The fourth-order valence-corrected chi connectivity index (χ4v) is 9.72. The van der Waals surface area contributed by atoms with E-state index >= 15 is 0 Å². The fourth-order valence-electron chi connectivity index (χ4n) is 4.51. The highest BCUT2D eigenvalue weighted by molar-refractivity contribution is 7.21. The predicted molar refractivity (Wildman–Crippen MR) is 116 cm³/mol. The smallest absolute Gasteiger partial charge is 0.194 e. The van der Waals surface area contributed by atoms with Crippen LogP contribution in [0.3, 0.4) is 0 Å². The predicted octanol–water partition coefficient (Wildman–Crippen LogP) is 2.31. The molecule has 0 aliphatic carbocycles. The largest absolute Gasteiger partial charge is 0.289 e. The third-order valence-corrected chi connectivity index (χ3v) is 10.5. The molecule has 2 heterocycles. The van der Waals surface area contributed by atoms with Gasteiger partial charge in [-0.05, 0) is 33.7 Å². The molecule has 0 radical (unpaired) electrons. The molecule has 3 heteroatoms. The van der Waals surface area contributed by atoms with Crippen LogP contribution >= 0.6 is 0 Å². The second kappa shape index (κ2) is 6.39. The Kier molecular flexibility index (Phi) is 3.85. The summed E-state index contributed by atoms with van der Waals surface area (Å²) in [6.45, 7) is 2.00. The molecule has 1 aromatic heterocycles. The van der Waals surface area contributed by atoms with Gasteiger partial charge in [-0.25, -0.2) is 0 Å². The number of carbonyl (C=O) groups is 1. The summed E-state index contributed by atoms with van der Waals surface area (Å²) in [7, 11) is -2.61. The second-order valence-electron chi connectivity index (χ2n) is 7.23. The molecular formula is C25H19NOSi. The molecule has 0 amide bonds. The lowest BCUT2D eigenvalue weighted by molar-refractivity contribution is 0.104. The topological polar surface area (TPSA) is 30.0 Å². The molecule has 4 aromatic rings. The van der Waals surface area contributed by atoms with Gasteiger partial charge in [0.25, 0.3) is 0 Å². The van der Waals surface area contributed by atoms with Gasteiger partial charge in [0, 0.05) is 23.0 Å². The zero-order valence-corrected chi connectivity index (χ0v) is 16.6. The fraction of sp³-hybridized carbons (Fsp3) is 0.0400. The Labute approximate surface area is 165 Å². The molecule has 0 saturated heterocycles. The van der Waals surface area contributed by atoms with Crippen molar-refractivity contribution >= 4 is 34.6 Å². The lowest BCUT2D eigenvalue weighted by Gasteiger charge is -2.39. The van der Waals surface area contributed by atoms with Crippen molar-refractivity contribution in [3.05, 3.63) is 114 Å². The molecule has 0 saturated carbocycles. The first kappa shape index (κ1) is 16.8. The Balaban J connectivity index is 2.02. The van der Waals surface area contributed by atoms with Crippen LogP contribution in [0.4, 0.5) is 0 Å². The summed E-state index contributed by atoms with van der Waals surface area (Å²) in [5.41, 5.74) is 2.48. The van der Waals surface area contributed by atoms with Crippen molar-refractivity contribution in [1.82, 2.24) is 4.98 Å². The molecular weight excluding hydrogens is 358 g/mol. The Hall–Kier alpha value is -3.30. The average molecular weight is 378 g/mol. The summed E-state index contributed by atoms with van der Waals surface area (Å²) in [5.74, 6) is 0.0769. The van der Waals surface area contributed by atoms with Gasteiger partial charge >= 0.3 is 0 Å². The van der Waals surface area contributed by atoms with E-state index in [1.165, 1.54) is 10.4 Å². The monoisotopic (exact) mass is 377 g/mol. The van der Waals surface area contributed by atoms with Crippen molar-refractivity contribution in [3.63, 3.8) is 0 Å². The van der Waals surface area contributed by atoms with Crippen molar-refractivity contribution in [1.29, 1.82) is 0 Å². The second-order valence-corrected chi connectivity index (χ2v) is 11.0. The summed E-state index contributed by atoms with van der Waals surface area (Å²) in [4.78, 5) is 17.8. The van der Waals surface area contributed by atoms with E-state index in [2.05, 4.69) is 83.8 Å². The first-order valence-electron chi connectivity index (χ1n) is 9.45. The van der Waals surface area contributed by atoms with Crippen LogP contribution in [0.5, 0.6) is 0 Å². The van der Waals surface area contributed by atoms with Gasteiger partial charge in [0.1, 0.15) is 0 Å². The maximum atomic E-state index is 13.4. The number of aromatic nitrogens is 1. The minimum atomic E-state index is -2.61. The van der Waals surface area contributed by atoms with Crippen molar-refractivity contribution in [2.24, 2.45) is 0 Å². The number of benzene rings is 3. The molecule has 0 spiro atoms. The highest BCUT2D eigenvalue weighted by atomic mass is 28.3. The molecule has 2 nitrogen and oxygen atoms in total. The van der Waals surface area contributed by atoms with Crippen molar-refractivity contribution in [2.45, 2.75) is 6.92 Å². The Bertz CT molecular complexity index is 1150. The van der Waals surface area contributed by atoms with Crippen LogP contribution < -0.4 is 20.7 Å². The summed E-state index contributed by atoms with van der Waals surface area (Å²) >= 11 is 0. The Morgan fingerprint density at radius 1 is 0.679 bits per heavy atom. The highest BCUT2D eigenvalue weighted by Crippen LogP contribution is 2.21. The van der Waals surface area contributed by atoms with Crippen LogP contribution in [0.1, 0.15) is 21.6 Å². The normalized spacial score (nSPS) is 14.2. The van der Waals surface area contributed by atoms with Crippen LogP contribution in [-0.4, -0.2) is 18.8 Å². The van der Waals surface area contributed by atoms with E-state index in [0.29, 0.717) is 0 Å². The van der Waals surface area contributed by atoms with Crippen molar-refractivity contribution in [3.8, 4) is 0 Å². The van der Waals surface area contributed by atoms with Crippen LogP contribution in [-0.2, 0) is 0 Å². The first-order chi connectivity index (χ1) is 13.7. The molecule has 3 aromatic carbocycles. The van der Waals surface area contributed by atoms with Crippen molar-refractivity contribution < 1.29 is 4.79 Å². The van der Waals surface area contributed by atoms with E-state index in [1.54, 1.807) is 6.20 Å². The van der Waals surface area contributed by atoms with E-state index in [-0.39, 0.29) is 5.78 Å². The molecule has 0 atom stereocenters. The number of hydrogen-bond donors (Lipinski definition) is 0. The number of pyridine rings is 1. The molecule has 0 unspecified atom stereocenters.